The third-order valence-electron chi connectivity index (χ3n) is 2.79. The van der Waals surface area contributed by atoms with Gasteiger partial charge in [0.05, 0.1) is 16.6 Å². The monoisotopic (exact) mass is 276 g/mol. The SMILES string of the molecule is CC(C(N)=S)N(C)Cc1ccc(C(F)(F)F)cc1. The van der Waals surface area contributed by atoms with Crippen LogP contribution in [0.15, 0.2) is 24.3 Å². The van der Waals surface area contributed by atoms with Crippen molar-refractivity contribution in [2.45, 2.75) is 25.7 Å². The van der Waals surface area contributed by atoms with E-state index in [0.29, 0.717) is 11.5 Å². The molecule has 0 radical (unpaired) electrons. The molecule has 0 aliphatic carbocycles. The average Bonchev–Trinajstić information content (AvgIpc) is 2.27. The molecule has 0 amide bonds. The molecule has 0 saturated heterocycles. The maximum Gasteiger partial charge on any atom is 0.416 e. The summed E-state index contributed by atoms with van der Waals surface area (Å²) >= 11 is 4.87. The van der Waals surface area contributed by atoms with E-state index in [-0.39, 0.29) is 6.04 Å². The molecule has 0 aliphatic rings. The molecule has 0 spiro atoms. The summed E-state index contributed by atoms with van der Waals surface area (Å²) < 4.78 is 37.1. The van der Waals surface area contributed by atoms with Crippen LogP contribution in [0.1, 0.15) is 18.1 Å². The van der Waals surface area contributed by atoms with Crippen LogP contribution in [-0.2, 0) is 12.7 Å². The summed E-state index contributed by atoms with van der Waals surface area (Å²) in [7, 11) is 1.82. The van der Waals surface area contributed by atoms with E-state index in [4.69, 9.17) is 18.0 Å². The minimum Gasteiger partial charge on any atom is -0.392 e. The largest absolute Gasteiger partial charge is 0.416 e. The molecule has 2 N–H and O–H groups in total. The van der Waals surface area contributed by atoms with Crippen molar-refractivity contribution in [3.05, 3.63) is 35.4 Å². The molecular weight excluding hydrogens is 261 g/mol. The fraction of sp³-hybridized carbons (Fsp3) is 0.417. The van der Waals surface area contributed by atoms with Crippen molar-refractivity contribution in [2.24, 2.45) is 5.73 Å². The van der Waals surface area contributed by atoms with E-state index in [9.17, 15) is 13.2 Å². The molecule has 0 aliphatic heterocycles. The maximum absolute atomic E-state index is 12.4. The number of hydrogen-bond acceptors (Lipinski definition) is 2. The van der Waals surface area contributed by atoms with Crippen LogP contribution >= 0.6 is 12.2 Å². The second-order valence-corrected chi connectivity index (χ2v) is 4.66. The molecule has 6 heteroatoms. The van der Waals surface area contributed by atoms with E-state index in [1.165, 1.54) is 12.1 Å². The van der Waals surface area contributed by atoms with E-state index in [1.54, 1.807) is 0 Å². The van der Waals surface area contributed by atoms with Crippen LogP contribution in [0.3, 0.4) is 0 Å². The molecule has 1 rings (SSSR count). The standard InChI is InChI=1S/C12H15F3N2S/c1-8(11(16)18)17(2)7-9-3-5-10(6-4-9)12(13,14)15/h3-6,8H,7H2,1-2H3,(H2,16,18). The normalized spacial score (nSPS) is 13.7. The van der Waals surface area contributed by atoms with E-state index < -0.39 is 11.7 Å². The molecule has 2 nitrogen and oxygen atoms in total. The highest BCUT2D eigenvalue weighted by Gasteiger charge is 2.29. The minimum atomic E-state index is -4.30. The number of alkyl halides is 3. The van der Waals surface area contributed by atoms with Gasteiger partial charge in [-0.1, -0.05) is 24.4 Å². The molecule has 0 fully saturated rings. The van der Waals surface area contributed by atoms with Gasteiger partial charge in [0.2, 0.25) is 0 Å². The zero-order valence-corrected chi connectivity index (χ0v) is 11.0. The molecule has 18 heavy (non-hydrogen) atoms. The zero-order valence-electron chi connectivity index (χ0n) is 10.2. The van der Waals surface area contributed by atoms with Gasteiger partial charge in [0.15, 0.2) is 0 Å². The zero-order chi connectivity index (χ0) is 13.9. The van der Waals surface area contributed by atoms with E-state index in [2.05, 4.69) is 0 Å². The van der Waals surface area contributed by atoms with Gasteiger partial charge in [-0.2, -0.15) is 13.2 Å². The third kappa shape index (κ3) is 3.96. The summed E-state index contributed by atoms with van der Waals surface area (Å²) in [5, 5.41) is 0. The first kappa shape index (κ1) is 14.9. The van der Waals surface area contributed by atoms with Crippen LogP contribution in [0.25, 0.3) is 0 Å². The number of rotatable bonds is 4. The van der Waals surface area contributed by atoms with Crippen molar-refractivity contribution in [1.29, 1.82) is 0 Å². The van der Waals surface area contributed by atoms with Gasteiger partial charge in [-0.05, 0) is 31.7 Å². The number of benzene rings is 1. The van der Waals surface area contributed by atoms with Gasteiger partial charge in [-0.15, -0.1) is 0 Å². The van der Waals surface area contributed by atoms with Crippen molar-refractivity contribution < 1.29 is 13.2 Å². The quantitative estimate of drug-likeness (QED) is 0.857. The Morgan fingerprint density at radius 3 is 2.22 bits per heavy atom. The Balaban J connectivity index is 2.73. The van der Waals surface area contributed by atoms with E-state index >= 15 is 0 Å². The summed E-state index contributed by atoms with van der Waals surface area (Å²) in [6.07, 6.45) is -4.30. The predicted octanol–water partition coefficient (Wildman–Crippen LogP) is 2.81. The molecule has 1 aromatic carbocycles. The second-order valence-electron chi connectivity index (χ2n) is 4.19. The van der Waals surface area contributed by atoms with Gasteiger partial charge in [0, 0.05) is 6.54 Å². The highest BCUT2D eigenvalue weighted by atomic mass is 32.1. The van der Waals surface area contributed by atoms with Crippen molar-refractivity contribution >= 4 is 17.2 Å². The fourth-order valence-electron chi connectivity index (χ4n) is 1.44. The summed E-state index contributed by atoms with van der Waals surface area (Å²) in [6, 6.07) is 4.99. The highest BCUT2D eigenvalue weighted by molar-refractivity contribution is 7.80. The number of halogens is 3. The van der Waals surface area contributed by atoms with Crippen LogP contribution < -0.4 is 5.73 Å². The van der Waals surface area contributed by atoms with Gasteiger partial charge >= 0.3 is 6.18 Å². The molecule has 1 aromatic rings. The summed E-state index contributed by atoms with van der Waals surface area (Å²) in [5.74, 6) is 0. The number of likely N-dealkylation sites (N-methyl/N-ethyl adjacent to an activating group) is 1. The Hall–Kier alpha value is -1.14. The number of nitrogens with zero attached hydrogens (tertiary/aromatic N) is 1. The lowest BCUT2D eigenvalue weighted by atomic mass is 10.1. The average molecular weight is 276 g/mol. The highest BCUT2D eigenvalue weighted by Crippen LogP contribution is 2.29. The first-order valence-corrected chi connectivity index (χ1v) is 5.78. The lowest BCUT2D eigenvalue weighted by molar-refractivity contribution is -0.137. The molecule has 0 aromatic heterocycles. The van der Waals surface area contributed by atoms with Gasteiger partial charge in [-0.3, -0.25) is 4.90 Å². The van der Waals surface area contributed by atoms with Crippen molar-refractivity contribution in [2.75, 3.05) is 7.05 Å². The van der Waals surface area contributed by atoms with Crippen LogP contribution in [0.2, 0.25) is 0 Å². The molecule has 1 unspecified atom stereocenters. The molecule has 1 atom stereocenters. The Bertz CT molecular complexity index is 414. The molecule has 100 valence electrons. The number of nitrogens with two attached hydrogens (primary N) is 1. The minimum absolute atomic E-state index is 0.0951. The Morgan fingerprint density at radius 1 is 1.33 bits per heavy atom. The Labute approximate surface area is 110 Å². The van der Waals surface area contributed by atoms with Gasteiger partial charge in [0.25, 0.3) is 0 Å². The van der Waals surface area contributed by atoms with Crippen molar-refractivity contribution in [3.63, 3.8) is 0 Å². The molecule has 0 heterocycles. The van der Waals surface area contributed by atoms with Crippen LogP contribution in [-0.4, -0.2) is 23.0 Å². The molecule has 0 bridgehead atoms. The first-order valence-electron chi connectivity index (χ1n) is 5.37. The Kier molecular flexibility index (Phi) is 4.70. The lowest BCUT2D eigenvalue weighted by Gasteiger charge is -2.23. The fourth-order valence-corrected chi connectivity index (χ4v) is 1.62. The van der Waals surface area contributed by atoms with E-state index in [1.807, 2.05) is 18.9 Å². The lowest BCUT2D eigenvalue weighted by Crippen LogP contribution is -2.38. The topological polar surface area (TPSA) is 29.3 Å². The summed E-state index contributed by atoms with van der Waals surface area (Å²) in [6.45, 7) is 2.35. The molecular formula is C12H15F3N2S. The van der Waals surface area contributed by atoms with Crippen molar-refractivity contribution in [1.82, 2.24) is 4.90 Å². The van der Waals surface area contributed by atoms with Gasteiger partial charge < -0.3 is 5.73 Å². The summed E-state index contributed by atoms with van der Waals surface area (Å²) in [5.41, 5.74) is 5.66. The number of thiocarbonyl (C=S) groups is 1. The summed E-state index contributed by atoms with van der Waals surface area (Å²) in [4.78, 5) is 2.25. The maximum atomic E-state index is 12.4. The van der Waals surface area contributed by atoms with Crippen LogP contribution in [0, 0.1) is 0 Å². The Morgan fingerprint density at radius 2 is 1.83 bits per heavy atom. The first-order chi connectivity index (χ1) is 8.21. The predicted molar refractivity (Wildman–Crippen MR) is 69.2 cm³/mol. The van der Waals surface area contributed by atoms with Crippen molar-refractivity contribution in [3.8, 4) is 0 Å². The van der Waals surface area contributed by atoms with Gasteiger partial charge in [-0.25, -0.2) is 0 Å². The second kappa shape index (κ2) is 5.67. The van der Waals surface area contributed by atoms with Crippen LogP contribution in [0.4, 0.5) is 13.2 Å². The number of hydrogen-bond donors (Lipinski definition) is 1. The molecule has 0 saturated carbocycles. The smallest absolute Gasteiger partial charge is 0.392 e. The van der Waals surface area contributed by atoms with Crippen LogP contribution in [0.5, 0.6) is 0 Å². The van der Waals surface area contributed by atoms with E-state index in [0.717, 1.165) is 17.7 Å². The van der Waals surface area contributed by atoms with Gasteiger partial charge in [0.1, 0.15) is 0 Å². The third-order valence-corrected chi connectivity index (χ3v) is 3.13.